The molecular weight excluding hydrogens is 432 g/mol. The first-order valence-electron chi connectivity index (χ1n) is 4.78. The largest absolute Gasteiger partial charge is 0.496 e. The van der Waals surface area contributed by atoms with Gasteiger partial charge < -0.3 is 9.47 Å². The molecule has 0 N–H and O–H groups in total. The molecular formula is C11H7Br3N2O2. The van der Waals surface area contributed by atoms with Gasteiger partial charge in [-0.1, -0.05) is 0 Å². The van der Waals surface area contributed by atoms with E-state index in [0.29, 0.717) is 16.1 Å². The van der Waals surface area contributed by atoms with E-state index >= 15 is 0 Å². The van der Waals surface area contributed by atoms with Crippen LogP contribution in [-0.2, 0) is 0 Å². The SMILES string of the molecule is COc1cc(Br)c(Oc2ncncc2Br)cc1Br. The van der Waals surface area contributed by atoms with Gasteiger partial charge in [-0.3, -0.25) is 0 Å². The molecule has 94 valence electrons. The topological polar surface area (TPSA) is 44.2 Å². The number of rotatable bonds is 3. The fraction of sp³-hybridized carbons (Fsp3) is 0.0909. The van der Waals surface area contributed by atoms with Gasteiger partial charge in [0.2, 0.25) is 5.88 Å². The average Bonchev–Trinajstić information content (AvgIpc) is 2.36. The van der Waals surface area contributed by atoms with Crippen LogP contribution in [0, 0.1) is 0 Å². The molecule has 0 saturated heterocycles. The summed E-state index contributed by atoms with van der Waals surface area (Å²) in [5, 5.41) is 0. The van der Waals surface area contributed by atoms with Crippen LogP contribution < -0.4 is 9.47 Å². The lowest BCUT2D eigenvalue weighted by molar-refractivity contribution is 0.408. The second kappa shape index (κ2) is 5.99. The van der Waals surface area contributed by atoms with E-state index in [1.807, 2.05) is 6.07 Å². The van der Waals surface area contributed by atoms with Crippen LogP contribution in [0.5, 0.6) is 17.4 Å². The first-order valence-corrected chi connectivity index (χ1v) is 7.16. The second-order valence-electron chi connectivity index (χ2n) is 3.20. The van der Waals surface area contributed by atoms with Gasteiger partial charge in [-0.25, -0.2) is 9.97 Å². The molecule has 0 saturated carbocycles. The Labute approximate surface area is 129 Å². The third-order valence-electron chi connectivity index (χ3n) is 2.05. The summed E-state index contributed by atoms with van der Waals surface area (Å²) in [6.45, 7) is 0. The van der Waals surface area contributed by atoms with Gasteiger partial charge in [-0.05, 0) is 59.9 Å². The first kappa shape index (κ1) is 13.8. The number of methoxy groups -OCH3 is 1. The lowest BCUT2D eigenvalue weighted by atomic mass is 10.3. The Kier molecular flexibility index (Phi) is 4.58. The molecule has 0 aliphatic rings. The molecule has 1 heterocycles. The molecule has 2 rings (SSSR count). The van der Waals surface area contributed by atoms with E-state index in [4.69, 9.17) is 9.47 Å². The molecule has 0 radical (unpaired) electrons. The number of aromatic nitrogens is 2. The molecule has 0 amide bonds. The van der Waals surface area contributed by atoms with E-state index < -0.39 is 0 Å². The summed E-state index contributed by atoms with van der Waals surface area (Å²) in [5.41, 5.74) is 0. The van der Waals surface area contributed by atoms with Crippen LogP contribution >= 0.6 is 47.8 Å². The summed E-state index contributed by atoms with van der Waals surface area (Å²) in [4.78, 5) is 7.91. The Morgan fingerprint density at radius 2 is 1.67 bits per heavy atom. The summed E-state index contributed by atoms with van der Waals surface area (Å²) in [6, 6.07) is 3.62. The first-order chi connectivity index (χ1) is 8.61. The number of halogens is 3. The van der Waals surface area contributed by atoms with E-state index in [9.17, 15) is 0 Å². The Bertz CT molecular complexity index is 578. The maximum absolute atomic E-state index is 5.69. The summed E-state index contributed by atoms with van der Waals surface area (Å²) >= 11 is 10.1. The van der Waals surface area contributed by atoms with E-state index in [1.54, 1.807) is 19.4 Å². The predicted octanol–water partition coefficient (Wildman–Crippen LogP) is 4.57. The third-order valence-corrected chi connectivity index (χ3v) is 3.83. The van der Waals surface area contributed by atoms with E-state index in [0.717, 1.165) is 14.7 Å². The van der Waals surface area contributed by atoms with Crippen LogP contribution in [-0.4, -0.2) is 17.1 Å². The van der Waals surface area contributed by atoms with Crippen LogP contribution in [0.15, 0.2) is 38.1 Å². The van der Waals surface area contributed by atoms with Gasteiger partial charge in [0, 0.05) is 6.20 Å². The minimum atomic E-state index is 0.447. The van der Waals surface area contributed by atoms with Gasteiger partial charge in [-0.15, -0.1) is 0 Å². The Morgan fingerprint density at radius 3 is 2.33 bits per heavy atom. The number of hydrogen-bond donors (Lipinski definition) is 0. The minimum absolute atomic E-state index is 0.447. The van der Waals surface area contributed by atoms with E-state index in [1.165, 1.54) is 6.33 Å². The molecule has 0 spiro atoms. The van der Waals surface area contributed by atoms with E-state index in [2.05, 4.69) is 57.8 Å². The highest BCUT2D eigenvalue weighted by molar-refractivity contribution is 9.11. The predicted molar refractivity (Wildman–Crippen MR) is 78.2 cm³/mol. The number of hydrogen-bond acceptors (Lipinski definition) is 4. The van der Waals surface area contributed by atoms with Gasteiger partial charge in [0.25, 0.3) is 0 Å². The molecule has 1 aromatic heterocycles. The number of ether oxygens (including phenoxy) is 2. The summed E-state index contributed by atoms with van der Waals surface area (Å²) in [5.74, 6) is 1.79. The monoisotopic (exact) mass is 436 g/mol. The maximum Gasteiger partial charge on any atom is 0.236 e. The van der Waals surface area contributed by atoms with Crippen molar-refractivity contribution in [2.75, 3.05) is 7.11 Å². The Balaban J connectivity index is 2.35. The van der Waals surface area contributed by atoms with Gasteiger partial charge >= 0.3 is 0 Å². The second-order valence-corrected chi connectivity index (χ2v) is 5.76. The van der Waals surface area contributed by atoms with E-state index in [-0.39, 0.29) is 0 Å². The van der Waals surface area contributed by atoms with Gasteiger partial charge in [-0.2, -0.15) is 0 Å². The van der Waals surface area contributed by atoms with Crippen LogP contribution in [0.2, 0.25) is 0 Å². The standard InChI is InChI=1S/C11H7Br3N2O2/c1-17-9-2-7(13)10(3-6(9)12)18-11-8(14)4-15-5-16-11/h2-5H,1H3. The molecule has 0 bridgehead atoms. The van der Waals surface area contributed by atoms with Crippen molar-refractivity contribution in [3.63, 3.8) is 0 Å². The van der Waals surface area contributed by atoms with Crippen molar-refractivity contribution in [2.45, 2.75) is 0 Å². The Morgan fingerprint density at radius 1 is 1.00 bits per heavy atom. The Hall–Kier alpha value is -0.660. The zero-order valence-corrected chi connectivity index (χ0v) is 13.9. The van der Waals surface area contributed by atoms with Crippen molar-refractivity contribution in [2.24, 2.45) is 0 Å². The highest BCUT2D eigenvalue weighted by Crippen LogP contribution is 2.38. The summed E-state index contributed by atoms with van der Waals surface area (Å²) in [6.07, 6.45) is 3.04. The highest BCUT2D eigenvalue weighted by Gasteiger charge is 2.11. The third kappa shape index (κ3) is 3.02. The smallest absolute Gasteiger partial charge is 0.236 e. The van der Waals surface area contributed by atoms with Crippen LogP contribution in [0.4, 0.5) is 0 Å². The molecule has 0 aliphatic heterocycles. The zero-order valence-electron chi connectivity index (χ0n) is 9.15. The normalized spacial score (nSPS) is 10.2. The number of nitrogens with zero attached hydrogens (tertiary/aromatic N) is 2. The average molecular weight is 439 g/mol. The lowest BCUT2D eigenvalue weighted by Crippen LogP contribution is -1.92. The highest BCUT2D eigenvalue weighted by atomic mass is 79.9. The fourth-order valence-electron chi connectivity index (χ4n) is 1.23. The summed E-state index contributed by atoms with van der Waals surface area (Å²) < 4.78 is 13.1. The minimum Gasteiger partial charge on any atom is -0.496 e. The van der Waals surface area contributed by atoms with Gasteiger partial charge in [0.1, 0.15) is 17.8 Å². The molecule has 0 aliphatic carbocycles. The summed E-state index contributed by atoms with van der Waals surface area (Å²) in [7, 11) is 1.61. The van der Waals surface area contributed by atoms with Crippen molar-refractivity contribution >= 4 is 47.8 Å². The van der Waals surface area contributed by atoms with Gasteiger partial charge in [0.05, 0.1) is 20.5 Å². The van der Waals surface area contributed by atoms with Crippen molar-refractivity contribution in [3.05, 3.63) is 38.1 Å². The lowest BCUT2D eigenvalue weighted by Gasteiger charge is -2.10. The van der Waals surface area contributed by atoms with Crippen LogP contribution in [0.3, 0.4) is 0 Å². The molecule has 1 aromatic carbocycles. The maximum atomic E-state index is 5.69. The van der Waals surface area contributed by atoms with Crippen LogP contribution in [0.1, 0.15) is 0 Å². The molecule has 7 heteroatoms. The molecule has 0 unspecified atom stereocenters. The molecule has 18 heavy (non-hydrogen) atoms. The van der Waals surface area contributed by atoms with Crippen molar-refractivity contribution in [1.82, 2.24) is 9.97 Å². The number of benzene rings is 1. The molecule has 0 fully saturated rings. The van der Waals surface area contributed by atoms with Crippen molar-refractivity contribution < 1.29 is 9.47 Å². The van der Waals surface area contributed by atoms with Gasteiger partial charge in [0.15, 0.2) is 0 Å². The van der Waals surface area contributed by atoms with Crippen molar-refractivity contribution in [1.29, 1.82) is 0 Å². The van der Waals surface area contributed by atoms with Crippen LogP contribution in [0.25, 0.3) is 0 Å². The quantitative estimate of drug-likeness (QED) is 0.704. The zero-order chi connectivity index (χ0) is 13.1. The van der Waals surface area contributed by atoms with Crippen molar-refractivity contribution in [3.8, 4) is 17.4 Å². The molecule has 2 aromatic rings. The fourth-order valence-corrected chi connectivity index (χ4v) is 2.41. The molecule has 4 nitrogen and oxygen atoms in total. The molecule has 0 atom stereocenters.